The number of Topliss-reactive ketones (excluding diaryl/α,β-unsaturated/α-hetero) is 2. The highest BCUT2D eigenvalue weighted by molar-refractivity contribution is 6.38. The molecule has 3 aromatic carbocycles. The number of ketones is 2. The molecule has 1 aromatic heterocycles. The molecule has 0 atom stereocenters. The fourth-order valence-corrected chi connectivity index (χ4v) is 3.65. The van der Waals surface area contributed by atoms with E-state index < -0.39 is 23.3 Å². The van der Waals surface area contributed by atoms with Gasteiger partial charge < -0.3 is 15.5 Å². The van der Waals surface area contributed by atoms with Gasteiger partial charge in [0.05, 0.1) is 5.52 Å². The van der Waals surface area contributed by atoms with E-state index in [4.69, 9.17) is 5.11 Å². The Bertz CT molecular complexity index is 1480. The maximum absolute atomic E-state index is 13.4. The number of hydrogen-bond acceptors (Lipinski definition) is 7. The molecular formula is C23H14N4O5. The van der Waals surface area contributed by atoms with Crippen molar-refractivity contribution < 1.29 is 24.6 Å². The molecule has 0 radical (unpaired) electrons. The maximum Gasteiger partial charge on any atom is 0.339 e. The Balaban J connectivity index is 1.72. The Hall–Kier alpha value is -4.79. The van der Waals surface area contributed by atoms with Gasteiger partial charge in [-0.15, -0.1) is 5.10 Å². The van der Waals surface area contributed by atoms with Crippen molar-refractivity contribution in [1.29, 1.82) is 0 Å². The molecule has 156 valence electrons. The molecule has 0 fully saturated rings. The number of aromatic hydroxyl groups is 1. The first-order valence-corrected chi connectivity index (χ1v) is 9.52. The third kappa shape index (κ3) is 2.91. The van der Waals surface area contributed by atoms with Crippen LogP contribution in [0, 0.1) is 0 Å². The molecule has 3 N–H and O–H groups in total. The standard InChI is InChI=1S/C23H14N4O5/c28-18-11-12(9-10-15(18)23(31)32)24-19-20(27-17-8-4-3-7-16(17)25-26-27)22(30)14-6-2-1-5-13(14)21(19)29/h1-11,24,28H,(H,31,32). The van der Waals surface area contributed by atoms with E-state index in [0.717, 1.165) is 0 Å². The third-order valence-corrected chi connectivity index (χ3v) is 5.16. The Kier molecular flexibility index (Phi) is 4.30. The highest BCUT2D eigenvalue weighted by Crippen LogP contribution is 2.32. The summed E-state index contributed by atoms with van der Waals surface area (Å²) in [5.41, 5.74) is 1.39. The number of fused-ring (bicyclic) bond motifs is 2. The monoisotopic (exact) mass is 426 g/mol. The maximum atomic E-state index is 13.4. The fourth-order valence-electron chi connectivity index (χ4n) is 3.65. The summed E-state index contributed by atoms with van der Waals surface area (Å²) in [6, 6.07) is 17.2. The Morgan fingerprint density at radius 2 is 1.59 bits per heavy atom. The van der Waals surface area contributed by atoms with Gasteiger partial charge in [0.15, 0.2) is 0 Å². The Morgan fingerprint density at radius 1 is 0.906 bits per heavy atom. The number of benzene rings is 3. The summed E-state index contributed by atoms with van der Waals surface area (Å²) in [5.74, 6) is -2.65. The summed E-state index contributed by atoms with van der Waals surface area (Å²) in [4.78, 5) is 38.0. The highest BCUT2D eigenvalue weighted by atomic mass is 16.4. The molecule has 1 aliphatic carbocycles. The smallest absolute Gasteiger partial charge is 0.339 e. The van der Waals surface area contributed by atoms with Gasteiger partial charge in [0, 0.05) is 22.9 Å². The number of anilines is 1. The molecule has 0 aliphatic heterocycles. The normalized spacial score (nSPS) is 13.4. The second kappa shape index (κ2) is 7.17. The number of para-hydroxylation sites is 1. The van der Waals surface area contributed by atoms with Crippen LogP contribution in [0.15, 0.2) is 72.4 Å². The van der Waals surface area contributed by atoms with E-state index in [9.17, 15) is 19.5 Å². The van der Waals surface area contributed by atoms with Crippen LogP contribution in [0.5, 0.6) is 5.75 Å². The van der Waals surface area contributed by atoms with Crippen LogP contribution in [0.25, 0.3) is 16.7 Å². The average molecular weight is 426 g/mol. The van der Waals surface area contributed by atoms with Gasteiger partial charge in [-0.25, -0.2) is 9.48 Å². The van der Waals surface area contributed by atoms with Crippen LogP contribution in [-0.2, 0) is 0 Å². The minimum atomic E-state index is -1.29. The van der Waals surface area contributed by atoms with Crippen LogP contribution >= 0.6 is 0 Å². The van der Waals surface area contributed by atoms with Crippen molar-refractivity contribution in [2.75, 3.05) is 5.32 Å². The van der Waals surface area contributed by atoms with Crippen molar-refractivity contribution in [3.8, 4) is 5.75 Å². The van der Waals surface area contributed by atoms with Gasteiger partial charge in [-0.2, -0.15) is 0 Å². The van der Waals surface area contributed by atoms with Gasteiger partial charge in [-0.3, -0.25) is 9.59 Å². The number of carbonyl (C=O) groups excluding carboxylic acids is 2. The number of carboxylic acid groups (broad SMARTS) is 1. The predicted octanol–water partition coefficient (Wildman–Crippen LogP) is 3.20. The van der Waals surface area contributed by atoms with E-state index in [1.165, 1.54) is 22.9 Å². The number of aromatic carboxylic acids is 1. The SMILES string of the molecule is O=C(O)c1ccc(NC2=C(n3nnc4ccccc43)C(=O)c3ccccc3C2=O)cc1O. The molecule has 9 heteroatoms. The molecule has 9 nitrogen and oxygen atoms in total. The third-order valence-electron chi connectivity index (χ3n) is 5.16. The molecule has 0 spiro atoms. The van der Waals surface area contributed by atoms with E-state index in [-0.39, 0.29) is 33.8 Å². The summed E-state index contributed by atoms with van der Waals surface area (Å²) in [5, 5.41) is 30.2. The van der Waals surface area contributed by atoms with Gasteiger partial charge in [-0.05, 0) is 24.3 Å². The molecule has 0 bridgehead atoms. The summed E-state index contributed by atoms with van der Waals surface area (Å²) in [6.07, 6.45) is 0. The average Bonchev–Trinajstić information content (AvgIpc) is 3.21. The first-order valence-electron chi connectivity index (χ1n) is 9.52. The number of hydrogen-bond donors (Lipinski definition) is 3. The Labute approximate surface area is 180 Å². The lowest BCUT2D eigenvalue weighted by atomic mass is 9.90. The topological polar surface area (TPSA) is 134 Å². The van der Waals surface area contributed by atoms with Crippen molar-refractivity contribution in [3.05, 3.63) is 89.1 Å². The van der Waals surface area contributed by atoms with Crippen molar-refractivity contribution in [3.63, 3.8) is 0 Å². The minimum absolute atomic E-state index is 0.0239. The van der Waals surface area contributed by atoms with Gasteiger partial charge >= 0.3 is 5.97 Å². The molecule has 32 heavy (non-hydrogen) atoms. The van der Waals surface area contributed by atoms with E-state index in [2.05, 4.69) is 15.6 Å². The number of carboxylic acids is 1. The fraction of sp³-hybridized carbons (Fsp3) is 0. The lowest BCUT2D eigenvalue weighted by molar-refractivity contribution is 0.0693. The number of nitrogens with one attached hydrogen (secondary N) is 1. The largest absolute Gasteiger partial charge is 0.507 e. The number of phenols is 1. The number of carbonyl (C=O) groups is 3. The molecule has 5 rings (SSSR count). The van der Waals surface area contributed by atoms with Gasteiger partial charge in [0.2, 0.25) is 11.6 Å². The zero-order valence-corrected chi connectivity index (χ0v) is 16.3. The van der Waals surface area contributed by atoms with Crippen LogP contribution in [0.1, 0.15) is 31.1 Å². The molecule has 0 saturated heterocycles. The van der Waals surface area contributed by atoms with E-state index in [1.54, 1.807) is 48.5 Å². The van der Waals surface area contributed by atoms with Gasteiger partial charge in [0.25, 0.3) is 0 Å². The molecule has 1 heterocycles. The van der Waals surface area contributed by atoms with Gasteiger partial charge in [-0.1, -0.05) is 41.6 Å². The lowest BCUT2D eigenvalue weighted by Crippen LogP contribution is -2.28. The van der Waals surface area contributed by atoms with Crippen LogP contribution < -0.4 is 5.32 Å². The molecule has 0 saturated carbocycles. The van der Waals surface area contributed by atoms with E-state index in [0.29, 0.717) is 11.0 Å². The van der Waals surface area contributed by atoms with Crippen molar-refractivity contribution in [1.82, 2.24) is 15.0 Å². The minimum Gasteiger partial charge on any atom is -0.507 e. The van der Waals surface area contributed by atoms with Crippen LogP contribution in [0.3, 0.4) is 0 Å². The Morgan fingerprint density at radius 3 is 2.31 bits per heavy atom. The van der Waals surface area contributed by atoms with Crippen molar-refractivity contribution in [2.45, 2.75) is 0 Å². The zero-order chi connectivity index (χ0) is 22.4. The molecule has 0 unspecified atom stereocenters. The summed E-state index contributed by atoms with van der Waals surface area (Å²) in [7, 11) is 0. The first-order chi connectivity index (χ1) is 15.5. The number of rotatable bonds is 4. The molecular weight excluding hydrogens is 412 g/mol. The van der Waals surface area contributed by atoms with Crippen LogP contribution in [0.2, 0.25) is 0 Å². The predicted molar refractivity (Wildman–Crippen MR) is 115 cm³/mol. The number of nitrogens with zero attached hydrogens (tertiary/aromatic N) is 3. The van der Waals surface area contributed by atoms with E-state index >= 15 is 0 Å². The summed E-state index contributed by atoms with van der Waals surface area (Å²) >= 11 is 0. The number of aromatic nitrogens is 3. The summed E-state index contributed by atoms with van der Waals surface area (Å²) in [6.45, 7) is 0. The summed E-state index contributed by atoms with van der Waals surface area (Å²) < 4.78 is 1.30. The molecule has 4 aromatic rings. The van der Waals surface area contributed by atoms with Crippen LogP contribution in [-0.4, -0.2) is 42.7 Å². The first kappa shape index (κ1) is 19.2. The lowest BCUT2D eigenvalue weighted by Gasteiger charge is -2.22. The quantitative estimate of drug-likeness (QED) is 0.453. The zero-order valence-electron chi connectivity index (χ0n) is 16.3. The molecule has 1 aliphatic rings. The van der Waals surface area contributed by atoms with Gasteiger partial charge in [0.1, 0.15) is 28.2 Å². The highest BCUT2D eigenvalue weighted by Gasteiger charge is 2.35. The van der Waals surface area contributed by atoms with Crippen molar-refractivity contribution in [2.24, 2.45) is 0 Å². The second-order valence-electron chi connectivity index (χ2n) is 7.08. The molecule has 0 amide bonds. The van der Waals surface area contributed by atoms with Crippen molar-refractivity contribution >= 4 is 40.0 Å². The number of allylic oxidation sites excluding steroid dienone is 2. The van der Waals surface area contributed by atoms with Crippen LogP contribution in [0.4, 0.5) is 5.69 Å². The second-order valence-corrected chi connectivity index (χ2v) is 7.08. The van der Waals surface area contributed by atoms with E-state index in [1.807, 2.05) is 0 Å².